The minimum atomic E-state index is -1.15. The number of halogens is 2. The van der Waals surface area contributed by atoms with Gasteiger partial charge in [-0.1, -0.05) is 53.5 Å². The van der Waals surface area contributed by atoms with Gasteiger partial charge in [0.2, 0.25) is 0 Å². The van der Waals surface area contributed by atoms with Gasteiger partial charge in [-0.3, -0.25) is 9.69 Å². The van der Waals surface area contributed by atoms with Gasteiger partial charge in [-0.05, 0) is 48.1 Å². The normalized spacial score (nSPS) is 15.8. The van der Waals surface area contributed by atoms with Gasteiger partial charge in [-0.2, -0.15) is 0 Å². The maximum atomic E-state index is 13.0. The van der Waals surface area contributed by atoms with Crippen molar-refractivity contribution in [1.29, 1.82) is 0 Å². The molecule has 1 atom stereocenters. The number of hydrogen-bond acceptors (Lipinski definition) is 4. The summed E-state index contributed by atoms with van der Waals surface area (Å²) in [6.07, 6.45) is 1.61. The maximum Gasteiger partial charge on any atom is 0.327 e. The highest BCUT2D eigenvalue weighted by Crippen LogP contribution is 2.30. The number of hydrogen-bond donors (Lipinski definition) is 2. The van der Waals surface area contributed by atoms with E-state index < -0.39 is 17.9 Å². The van der Waals surface area contributed by atoms with Crippen molar-refractivity contribution < 1.29 is 19.1 Å². The Labute approximate surface area is 199 Å². The van der Waals surface area contributed by atoms with Crippen LogP contribution >= 0.6 is 35.4 Å². The van der Waals surface area contributed by atoms with Crippen molar-refractivity contribution in [2.75, 3.05) is 0 Å². The average molecular weight is 487 g/mol. The first-order valence-electron chi connectivity index (χ1n) is 9.51. The third-order valence-electron chi connectivity index (χ3n) is 4.90. The lowest BCUT2D eigenvalue weighted by Crippen LogP contribution is -2.46. The standard InChI is InChI=1S/C23H16Cl2N2O4S/c24-16-8-6-14(11-17(16)25)20-9-7-15(31-20)12-18-21(28)27(23(32)26-18)19(22(29)30)10-13-4-2-1-3-5-13/h1-9,11-12,19H,10H2,(H,26,32)(H,29,30)/t19-/m0/s1. The van der Waals surface area contributed by atoms with Crippen LogP contribution in [0.1, 0.15) is 11.3 Å². The Morgan fingerprint density at radius 3 is 2.56 bits per heavy atom. The molecule has 32 heavy (non-hydrogen) atoms. The fraction of sp³-hybridized carbons (Fsp3) is 0.0870. The molecule has 4 rings (SSSR count). The summed E-state index contributed by atoms with van der Waals surface area (Å²) in [7, 11) is 0. The lowest BCUT2D eigenvalue weighted by Gasteiger charge is -2.22. The Bertz CT molecular complexity index is 1240. The average Bonchev–Trinajstić information content (AvgIpc) is 3.34. The predicted molar refractivity (Wildman–Crippen MR) is 126 cm³/mol. The van der Waals surface area contributed by atoms with Crippen LogP contribution in [0.15, 0.2) is 70.8 Å². The van der Waals surface area contributed by atoms with Crippen LogP contribution in [0.4, 0.5) is 0 Å². The van der Waals surface area contributed by atoms with Crippen LogP contribution in [0.3, 0.4) is 0 Å². The molecule has 1 aromatic heterocycles. The number of carboxylic acids is 1. The number of rotatable bonds is 6. The molecule has 0 unspecified atom stereocenters. The maximum absolute atomic E-state index is 13.0. The highest BCUT2D eigenvalue weighted by Gasteiger charge is 2.39. The van der Waals surface area contributed by atoms with E-state index in [0.29, 0.717) is 21.6 Å². The molecule has 2 N–H and O–H groups in total. The lowest BCUT2D eigenvalue weighted by molar-refractivity contribution is -0.145. The Hall–Kier alpha value is -3.13. The SMILES string of the molecule is O=C(O)[C@H](Cc1ccccc1)N1C(=O)C(=Cc2ccc(-c3ccc(Cl)c(Cl)c3)o2)NC1=S. The van der Waals surface area contributed by atoms with Gasteiger partial charge in [0.25, 0.3) is 5.91 Å². The van der Waals surface area contributed by atoms with Crippen molar-refractivity contribution in [3.05, 3.63) is 87.7 Å². The van der Waals surface area contributed by atoms with E-state index in [4.69, 9.17) is 39.8 Å². The van der Waals surface area contributed by atoms with Crippen LogP contribution in [0.5, 0.6) is 0 Å². The van der Waals surface area contributed by atoms with Crippen molar-refractivity contribution in [1.82, 2.24) is 10.2 Å². The summed E-state index contributed by atoms with van der Waals surface area (Å²) in [6, 6.07) is 16.4. The molecule has 2 aromatic carbocycles. The topological polar surface area (TPSA) is 82.8 Å². The summed E-state index contributed by atoms with van der Waals surface area (Å²) in [5.41, 5.74) is 1.63. The Morgan fingerprint density at radius 1 is 1.12 bits per heavy atom. The Morgan fingerprint density at radius 2 is 1.88 bits per heavy atom. The monoisotopic (exact) mass is 486 g/mol. The van der Waals surface area contributed by atoms with Crippen LogP contribution in [0.2, 0.25) is 10.0 Å². The second-order valence-electron chi connectivity index (χ2n) is 7.04. The number of nitrogens with zero attached hydrogens (tertiary/aromatic N) is 1. The number of thiocarbonyl (C=S) groups is 1. The molecule has 1 fully saturated rings. The van der Waals surface area contributed by atoms with E-state index >= 15 is 0 Å². The summed E-state index contributed by atoms with van der Waals surface area (Å²) in [6.45, 7) is 0. The molecule has 0 spiro atoms. The van der Waals surface area contributed by atoms with E-state index in [9.17, 15) is 14.7 Å². The summed E-state index contributed by atoms with van der Waals surface area (Å²) in [4.78, 5) is 26.0. The second kappa shape index (κ2) is 9.16. The van der Waals surface area contributed by atoms with Crippen LogP contribution < -0.4 is 5.32 Å². The molecule has 0 saturated carbocycles. The molecular weight excluding hydrogens is 471 g/mol. The van der Waals surface area contributed by atoms with Crippen LogP contribution in [-0.2, 0) is 16.0 Å². The smallest absolute Gasteiger partial charge is 0.327 e. The molecule has 3 aromatic rings. The van der Waals surface area contributed by atoms with E-state index in [0.717, 1.165) is 16.0 Å². The van der Waals surface area contributed by atoms with Gasteiger partial charge in [0.05, 0.1) is 10.0 Å². The quantitative estimate of drug-likeness (QED) is 0.376. The van der Waals surface area contributed by atoms with Gasteiger partial charge in [-0.25, -0.2) is 4.79 Å². The molecule has 0 radical (unpaired) electrons. The number of benzene rings is 2. The third-order valence-corrected chi connectivity index (χ3v) is 5.93. The summed E-state index contributed by atoms with van der Waals surface area (Å²) < 4.78 is 5.80. The van der Waals surface area contributed by atoms with E-state index in [1.807, 2.05) is 18.2 Å². The van der Waals surface area contributed by atoms with Crippen LogP contribution in [0.25, 0.3) is 17.4 Å². The first kappa shape index (κ1) is 22.1. The molecule has 0 aliphatic carbocycles. The number of nitrogens with one attached hydrogen (secondary N) is 1. The lowest BCUT2D eigenvalue weighted by atomic mass is 10.0. The molecule has 1 amide bonds. The molecule has 1 aliphatic rings. The van der Waals surface area contributed by atoms with Crippen molar-refractivity contribution in [2.45, 2.75) is 12.5 Å². The fourth-order valence-corrected chi connectivity index (χ4v) is 3.95. The molecule has 0 bridgehead atoms. The van der Waals surface area contributed by atoms with Gasteiger partial charge in [0.1, 0.15) is 23.3 Å². The number of carbonyl (C=O) groups excluding carboxylic acids is 1. The molecule has 162 valence electrons. The van der Waals surface area contributed by atoms with Gasteiger partial charge in [-0.15, -0.1) is 0 Å². The highest BCUT2D eigenvalue weighted by atomic mass is 35.5. The fourth-order valence-electron chi connectivity index (χ4n) is 3.34. The van der Waals surface area contributed by atoms with Crippen LogP contribution in [-0.4, -0.2) is 33.0 Å². The van der Waals surface area contributed by atoms with Crippen molar-refractivity contribution in [3.63, 3.8) is 0 Å². The molecule has 9 heteroatoms. The van der Waals surface area contributed by atoms with Gasteiger partial charge < -0.3 is 14.8 Å². The number of carboxylic acid groups (broad SMARTS) is 1. The van der Waals surface area contributed by atoms with Gasteiger partial charge in [0, 0.05) is 18.1 Å². The van der Waals surface area contributed by atoms with E-state index in [1.165, 1.54) is 6.08 Å². The molecular formula is C23H16Cl2N2O4S. The third kappa shape index (κ3) is 4.55. The summed E-state index contributed by atoms with van der Waals surface area (Å²) >= 11 is 17.3. The molecule has 1 saturated heterocycles. The zero-order valence-electron chi connectivity index (χ0n) is 16.4. The molecule has 1 aliphatic heterocycles. The number of aliphatic carboxylic acids is 1. The first-order chi connectivity index (χ1) is 15.3. The minimum Gasteiger partial charge on any atom is -0.480 e. The van der Waals surface area contributed by atoms with Crippen LogP contribution in [0, 0.1) is 0 Å². The molecule has 2 heterocycles. The summed E-state index contributed by atoms with van der Waals surface area (Å²) in [5.74, 6) is -0.757. The first-order valence-corrected chi connectivity index (χ1v) is 10.7. The number of amides is 1. The summed E-state index contributed by atoms with van der Waals surface area (Å²) in [5, 5.41) is 13.4. The van der Waals surface area contributed by atoms with Gasteiger partial charge in [0.15, 0.2) is 5.11 Å². The van der Waals surface area contributed by atoms with Crippen molar-refractivity contribution in [3.8, 4) is 11.3 Å². The number of carbonyl (C=O) groups is 2. The Balaban J connectivity index is 1.57. The van der Waals surface area contributed by atoms with E-state index in [2.05, 4.69) is 5.32 Å². The second-order valence-corrected chi connectivity index (χ2v) is 8.24. The van der Waals surface area contributed by atoms with E-state index in [-0.39, 0.29) is 17.2 Å². The highest BCUT2D eigenvalue weighted by molar-refractivity contribution is 7.80. The number of furan rings is 1. The zero-order chi connectivity index (χ0) is 22.8. The van der Waals surface area contributed by atoms with E-state index in [1.54, 1.807) is 42.5 Å². The zero-order valence-corrected chi connectivity index (χ0v) is 18.7. The largest absolute Gasteiger partial charge is 0.480 e. The van der Waals surface area contributed by atoms with Gasteiger partial charge >= 0.3 is 5.97 Å². The Kier molecular flexibility index (Phi) is 6.32. The predicted octanol–water partition coefficient (Wildman–Crippen LogP) is 5.01. The van der Waals surface area contributed by atoms with Crippen molar-refractivity contribution >= 4 is 58.5 Å². The molecule has 6 nitrogen and oxygen atoms in total. The minimum absolute atomic E-state index is 0.0286. The van der Waals surface area contributed by atoms with Crippen molar-refractivity contribution in [2.24, 2.45) is 0 Å².